The van der Waals surface area contributed by atoms with Gasteiger partial charge in [0.15, 0.2) is 11.6 Å². The molecule has 6 heteroatoms. The van der Waals surface area contributed by atoms with Crippen LogP contribution in [0.25, 0.3) is 0 Å². The van der Waals surface area contributed by atoms with Crippen molar-refractivity contribution in [1.82, 2.24) is 14.8 Å². The summed E-state index contributed by atoms with van der Waals surface area (Å²) in [5.74, 6) is -0.398. The molecule has 0 fully saturated rings. The zero-order chi connectivity index (χ0) is 13.8. The summed E-state index contributed by atoms with van der Waals surface area (Å²) in [7, 11) is 0. The Balaban J connectivity index is 2.30. The van der Waals surface area contributed by atoms with Gasteiger partial charge in [-0.3, -0.25) is 4.57 Å². The quantitative estimate of drug-likeness (QED) is 0.904. The van der Waals surface area contributed by atoms with Gasteiger partial charge in [-0.15, -0.1) is 10.2 Å². The molecule has 0 aliphatic heterocycles. The zero-order valence-corrected chi connectivity index (χ0v) is 11.0. The Labute approximate surface area is 110 Å². The van der Waals surface area contributed by atoms with Crippen molar-refractivity contribution in [2.24, 2.45) is 0 Å². The van der Waals surface area contributed by atoms with Gasteiger partial charge < -0.3 is 5.32 Å². The van der Waals surface area contributed by atoms with Gasteiger partial charge in [0.25, 0.3) is 0 Å². The van der Waals surface area contributed by atoms with E-state index >= 15 is 0 Å². The van der Waals surface area contributed by atoms with Gasteiger partial charge >= 0.3 is 0 Å². The van der Waals surface area contributed by atoms with Crippen molar-refractivity contribution in [2.45, 2.75) is 26.8 Å². The Morgan fingerprint density at radius 3 is 2.68 bits per heavy atom. The Kier molecular flexibility index (Phi) is 4.09. The number of benzene rings is 1. The third-order valence-electron chi connectivity index (χ3n) is 2.86. The Morgan fingerprint density at radius 1 is 1.21 bits per heavy atom. The van der Waals surface area contributed by atoms with Gasteiger partial charge in [-0.1, -0.05) is 12.1 Å². The number of hydrogen-bond acceptors (Lipinski definition) is 3. The second-order valence-corrected chi connectivity index (χ2v) is 4.10. The second-order valence-electron chi connectivity index (χ2n) is 4.10. The molecule has 19 heavy (non-hydrogen) atoms. The molecule has 2 rings (SSSR count). The van der Waals surface area contributed by atoms with Crippen LogP contribution in [0.2, 0.25) is 0 Å². The third kappa shape index (κ3) is 2.72. The first-order valence-corrected chi connectivity index (χ1v) is 6.26. The number of rotatable bonds is 5. The minimum absolute atomic E-state index is 0.218. The number of nitrogens with zero attached hydrogens (tertiary/aromatic N) is 3. The number of halogens is 2. The molecule has 102 valence electrons. The summed E-state index contributed by atoms with van der Waals surface area (Å²) in [6.07, 6.45) is 0.218. The number of nitrogens with one attached hydrogen (secondary N) is 1. The molecule has 1 heterocycles. The fourth-order valence-electron chi connectivity index (χ4n) is 1.94. The van der Waals surface area contributed by atoms with E-state index in [4.69, 9.17) is 0 Å². The fourth-order valence-corrected chi connectivity index (χ4v) is 1.94. The van der Waals surface area contributed by atoms with Crippen molar-refractivity contribution in [3.63, 3.8) is 0 Å². The maximum absolute atomic E-state index is 13.6. The molecular weight excluding hydrogens is 250 g/mol. The third-order valence-corrected chi connectivity index (χ3v) is 2.86. The summed E-state index contributed by atoms with van der Waals surface area (Å²) in [5.41, 5.74) is 0.283. The van der Waals surface area contributed by atoms with E-state index in [0.717, 1.165) is 12.6 Å². The van der Waals surface area contributed by atoms with Crippen LogP contribution in [0, 0.1) is 11.6 Å². The summed E-state index contributed by atoms with van der Waals surface area (Å²) in [6, 6.07) is 4.15. The SMILES string of the molecule is CCNc1nnc(Cc2cccc(F)c2F)n1CC. The van der Waals surface area contributed by atoms with Crippen LogP contribution in [0.1, 0.15) is 25.2 Å². The number of anilines is 1. The minimum Gasteiger partial charge on any atom is -0.355 e. The fraction of sp³-hybridized carbons (Fsp3) is 0.385. The highest BCUT2D eigenvalue weighted by Crippen LogP contribution is 2.17. The maximum atomic E-state index is 13.6. The summed E-state index contributed by atoms with van der Waals surface area (Å²) in [6.45, 7) is 5.31. The van der Waals surface area contributed by atoms with Crippen molar-refractivity contribution in [3.8, 4) is 0 Å². The molecule has 0 aliphatic rings. The molecule has 4 nitrogen and oxygen atoms in total. The molecule has 0 atom stereocenters. The van der Waals surface area contributed by atoms with Gasteiger partial charge in [-0.05, 0) is 25.5 Å². The molecule has 0 saturated carbocycles. The molecule has 1 aromatic carbocycles. The molecule has 2 aromatic rings. The van der Waals surface area contributed by atoms with Crippen LogP contribution in [-0.2, 0) is 13.0 Å². The van der Waals surface area contributed by atoms with Crippen LogP contribution in [0.3, 0.4) is 0 Å². The average molecular weight is 266 g/mol. The van der Waals surface area contributed by atoms with Crippen molar-refractivity contribution in [1.29, 1.82) is 0 Å². The lowest BCUT2D eigenvalue weighted by Crippen LogP contribution is -2.09. The second kappa shape index (κ2) is 5.77. The van der Waals surface area contributed by atoms with Gasteiger partial charge in [0, 0.05) is 19.5 Å². The van der Waals surface area contributed by atoms with Crippen LogP contribution in [0.5, 0.6) is 0 Å². The predicted octanol–water partition coefficient (Wildman–Crippen LogP) is 2.60. The highest BCUT2D eigenvalue weighted by Gasteiger charge is 2.14. The van der Waals surface area contributed by atoms with E-state index in [1.54, 1.807) is 6.07 Å². The first kappa shape index (κ1) is 13.5. The number of aromatic nitrogens is 3. The highest BCUT2D eigenvalue weighted by molar-refractivity contribution is 5.29. The molecule has 0 spiro atoms. The van der Waals surface area contributed by atoms with E-state index in [0.29, 0.717) is 18.3 Å². The molecule has 0 amide bonds. The standard InChI is InChI=1S/C13H16F2N4/c1-3-16-13-18-17-11(19(13)4-2)8-9-6-5-7-10(14)12(9)15/h5-7H,3-4,8H2,1-2H3,(H,16,18). The minimum atomic E-state index is -0.841. The highest BCUT2D eigenvalue weighted by atomic mass is 19.2. The first-order valence-electron chi connectivity index (χ1n) is 6.26. The number of hydrogen-bond donors (Lipinski definition) is 1. The summed E-state index contributed by atoms with van der Waals surface area (Å²) in [5, 5.41) is 11.1. The maximum Gasteiger partial charge on any atom is 0.224 e. The van der Waals surface area contributed by atoms with Crippen molar-refractivity contribution in [2.75, 3.05) is 11.9 Å². The van der Waals surface area contributed by atoms with Crippen LogP contribution in [0.4, 0.5) is 14.7 Å². The molecular formula is C13H16F2N4. The normalized spacial score (nSPS) is 10.7. The Bertz CT molecular complexity index is 566. The van der Waals surface area contributed by atoms with Gasteiger partial charge in [-0.25, -0.2) is 8.78 Å². The monoisotopic (exact) mass is 266 g/mol. The largest absolute Gasteiger partial charge is 0.355 e. The van der Waals surface area contributed by atoms with E-state index in [1.165, 1.54) is 6.07 Å². The van der Waals surface area contributed by atoms with Crippen LogP contribution in [0.15, 0.2) is 18.2 Å². The first-order chi connectivity index (χ1) is 9.17. The molecule has 0 radical (unpaired) electrons. The van der Waals surface area contributed by atoms with Gasteiger partial charge in [0.05, 0.1) is 0 Å². The molecule has 0 saturated heterocycles. The zero-order valence-electron chi connectivity index (χ0n) is 11.0. The molecule has 0 bridgehead atoms. The van der Waals surface area contributed by atoms with Gasteiger partial charge in [0.2, 0.25) is 5.95 Å². The van der Waals surface area contributed by atoms with E-state index < -0.39 is 11.6 Å². The lowest BCUT2D eigenvalue weighted by Gasteiger charge is -2.08. The Hall–Kier alpha value is -1.98. The molecule has 0 aliphatic carbocycles. The lowest BCUT2D eigenvalue weighted by molar-refractivity contribution is 0.499. The van der Waals surface area contributed by atoms with Crippen LogP contribution in [-0.4, -0.2) is 21.3 Å². The van der Waals surface area contributed by atoms with E-state index in [1.807, 2.05) is 18.4 Å². The van der Waals surface area contributed by atoms with Gasteiger partial charge in [0.1, 0.15) is 5.82 Å². The van der Waals surface area contributed by atoms with E-state index in [-0.39, 0.29) is 12.0 Å². The topological polar surface area (TPSA) is 42.7 Å². The van der Waals surface area contributed by atoms with Crippen molar-refractivity contribution >= 4 is 5.95 Å². The Morgan fingerprint density at radius 2 is 2.00 bits per heavy atom. The van der Waals surface area contributed by atoms with Crippen LogP contribution >= 0.6 is 0 Å². The average Bonchev–Trinajstić information content (AvgIpc) is 2.77. The molecule has 1 N–H and O–H groups in total. The summed E-state index contributed by atoms with van der Waals surface area (Å²) >= 11 is 0. The smallest absolute Gasteiger partial charge is 0.224 e. The molecule has 0 unspecified atom stereocenters. The van der Waals surface area contributed by atoms with E-state index in [2.05, 4.69) is 15.5 Å². The van der Waals surface area contributed by atoms with Gasteiger partial charge in [-0.2, -0.15) is 0 Å². The van der Waals surface area contributed by atoms with E-state index in [9.17, 15) is 8.78 Å². The summed E-state index contributed by atoms with van der Waals surface area (Å²) in [4.78, 5) is 0. The van der Waals surface area contributed by atoms with Crippen molar-refractivity contribution in [3.05, 3.63) is 41.2 Å². The molecule has 1 aromatic heterocycles. The summed E-state index contributed by atoms with van der Waals surface area (Å²) < 4.78 is 28.6. The predicted molar refractivity (Wildman–Crippen MR) is 69.0 cm³/mol. The lowest BCUT2D eigenvalue weighted by atomic mass is 10.1. The van der Waals surface area contributed by atoms with Crippen molar-refractivity contribution < 1.29 is 8.78 Å². The van der Waals surface area contributed by atoms with Crippen LogP contribution < -0.4 is 5.32 Å².